The van der Waals surface area contributed by atoms with E-state index in [0.29, 0.717) is 0 Å². The van der Waals surface area contributed by atoms with E-state index in [1.165, 1.54) is 7.11 Å². The van der Waals surface area contributed by atoms with Crippen molar-refractivity contribution in [3.8, 4) is 0 Å². The highest BCUT2D eigenvalue weighted by Gasteiger charge is 2.06. The van der Waals surface area contributed by atoms with Crippen molar-refractivity contribution in [2.24, 2.45) is 0 Å². The Morgan fingerprint density at radius 3 is 2.30 bits per heavy atom. The average Bonchev–Trinajstić information content (AvgIpc) is 1.85. The first kappa shape index (κ1) is 9.37. The number of ketones is 1. The van der Waals surface area contributed by atoms with Crippen LogP contribution >= 0.6 is 0 Å². The molecule has 1 unspecified atom stereocenters. The molecule has 0 saturated heterocycles. The third-order valence-electron chi connectivity index (χ3n) is 1.19. The van der Waals surface area contributed by atoms with Crippen LogP contribution in [0.3, 0.4) is 0 Å². The van der Waals surface area contributed by atoms with Crippen LogP contribution in [0, 0.1) is 0 Å². The molecular formula is C8H14O2. The zero-order valence-corrected chi connectivity index (χ0v) is 6.97. The van der Waals surface area contributed by atoms with Gasteiger partial charge in [0, 0.05) is 7.11 Å². The van der Waals surface area contributed by atoms with E-state index in [2.05, 4.69) is 0 Å². The molecule has 2 nitrogen and oxygen atoms in total. The van der Waals surface area contributed by atoms with Crippen LogP contribution < -0.4 is 0 Å². The van der Waals surface area contributed by atoms with Crippen molar-refractivity contribution in [2.75, 3.05) is 7.11 Å². The van der Waals surface area contributed by atoms with E-state index < -0.39 is 0 Å². The number of rotatable bonds is 3. The molecule has 0 aliphatic heterocycles. The minimum absolute atomic E-state index is 0.0301. The number of allylic oxidation sites excluding steroid dienone is 1. The van der Waals surface area contributed by atoms with E-state index in [-0.39, 0.29) is 11.9 Å². The molecule has 2 heteroatoms. The summed E-state index contributed by atoms with van der Waals surface area (Å²) >= 11 is 0. The number of carbonyl (C=O) groups is 1. The SMILES string of the molecule is COC(C)C(=O)C=C(C)C. The second-order valence-corrected chi connectivity index (χ2v) is 2.50. The summed E-state index contributed by atoms with van der Waals surface area (Å²) < 4.78 is 4.82. The molecule has 0 aromatic carbocycles. The molecular weight excluding hydrogens is 128 g/mol. The minimum Gasteiger partial charge on any atom is -0.374 e. The van der Waals surface area contributed by atoms with Crippen LogP contribution in [0.4, 0.5) is 0 Å². The fourth-order valence-electron chi connectivity index (χ4n) is 0.518. The van der Waals surface area contributed by atoms with Crippen LogP contribution in [-0.2, 0) is 9.53 Å². The Hall–Kier alpha value is -0.630. The summed E-state index contributed by atoms with van der Waals surface area (Å²) in [5, 5.41) is 0. The van der Waals surface area contributed by atoms with E-state index >= 15 is 0 Å². The van der Waals surface area contributed by atoms with E-state index in [1.807, 2.05) is 13.8 Å². The molecule has 0 aromatic rings. The molecule has 0 N–H and O–H groups in total. The molecule has 10 heavy (non-hydrogen) atoms. The zero-order valence-electron chi connectivity index (χ0n) is 6.97. The van der Waals surface area contributed by atoms with Gasteiger partial charge in [-0.1, -0.05) is 5.57 Å². The lowest BCUT2D eigenvalue weighted by molar-refractivity contribution is -0.123. The van der Waals surface area contributed by atoms with Gasteiger partial charge in [-0.15, -0.1) is 0 Å². The second kappa shape index (κ2) is 4.23. The largest absolute Gasteiger partial charge is 0.374 e. The maximum absolute atomic E-state index is 11.0. The summed E-state index contributed by atoms with van der Waals surface area (Å²) in [4.78, 5) is 11.0. The molecule has 0 bridgehead atoms. The van der Waals surface area contributed by atoms with Crippen LogP contribution in [0.1, 0.15) is 20.8 Å². The van der Waals surface area contributed by atoms with Gasteiger partial charge in [-0.05, 0) is 26.8 Å². The molecule has 0 fully saturated rings. The molecule has 1 atom stereocenters. The van der Waals surface area contributed by atoms with Crippen LogP contribution in [0.25, 0.3) is 0 Å². The van der Waals surface area contributed by atoms with Gasteiger partial charge in [0.05, 0.1) is 0 Å². The van der Waals surface area contributed by atoms with Gasteiger partial charge in [0.2, 0.25) is 0 Å². The Morgan fingerprint density at radius 2 is 2.00 bits per heavy atom. The standard InChI is InChI=1S/C8H14O2/c1-6(2)5-8(9)7(3)10-4/h5,7H,1-4H3. The highest BCUT2D eigenvalue weighted by molar-refractivity contribution is 5.93. The highest BCUT2D eigenvalue weighted by Crippen LogP contribution is 1.95. The second-order valence-electron chi connectivity index (χ2n) is 2.50. The van der Waals surface area contributed by atoms with Gasteiger partial charge in [0.15, 0.2) is 5.78 Å². The molecule has 0 aliphatic carbocycles. The van der Waals surface area contributed by atoms with Crippen LogP contribution in [-0.4, -0.2) is 19.0 Å². The molecule has 0 heterocycles. The molecule has 0 radical (unpaired) electrons. The number of carbonyl (C=O) groups excluding carboxylic acids is 1. The molecule has 0 aliphatic rings. The fourth-order valence-corrected chi connectivity index (χ4v) is 0.518. The predicted octanol–water partition coefficient (Wildman–Crippen LogP) is 1.56. The maximum Gasteiger partial charge on any atom is 0.183 e. The Balaban J connectivity index is 3.97. The smallest absolute Gasteiger partial charge is 0.183 e. The summed E-state index contributed by atoms with van der Waals surface area (Å²) in [5.41, 5.74) is 1.01. The van der Waals surface area contributed by atoms with Crippen molar-refractivity contribution >= 4 is 5.78 Å². The van der Waals surface area contributed by atoms with E-state index in [1.54, 1.807) is 13.0 Å². The van der Waals surface area contributed by atoms with Gasteiger partial charge in [0.1, 0.15) is 6.10 Å². The average molecular weight is 142 g/mol. The summed E-state index contributed by atoms with van der Waals surface area (Å²) in [6, 6.07) is 0. The Bertz CT molecular complexity index is 143. The van der Waals surface area contributed by atoms with Crippen LogP contribution in [0.5, 0.6) is 0 Å². The topological polar surface area (TPSA) is 26.3 Å². The number of hydrogen-bond acceptors (Lipinski definition) is 2. The molecule has 0 rings (SSSR count). The quantitative estimate of drug-likeness (QED) is 0.559. The first-order valence-corrected chi connectivity index (χ1v) is 3.29. The fraction of sp³-hybridized carbons (Fsp3) is 0.625. The number of ether oxygens (including phenoxy) is 1. The third kappa shape index (κ3) is 3.41. The minimum atomic E-state index is -0.310. The van der Waals surface area contributed by atoms with Crippen LogP contribution in [0.2, 0.25) is 0 Å². The van der Waals surface area contributed by atoms with Gasteiger partial charge in [-0.2, -0.15) is 0 Å². The van der Waals surface area contributed by atoms with Gasteiger partial charge in [0.25, 0.3) is 0 Å². The van der Waals surface area contributed by atoms with E-state index in [4.69, 9.17) is 4.74 Å². The van der Waals surface area contributed by atoms with Gasteiger partial charge < -0.3 is 4.74 Å². The van der Waals surface area contributed by atoms with Gasteiger partial charge in [-0.3, -0.25) is 4.79 Å². The normalized spacial score (nSPS) is 12.4. The molecule has 0 saturated carbocycles. The zero-order chi connectivity index (χ0) is 8.15. The first-order valence-electron chi connectivity index (χ1n) is 3.29. The molecule has 58 valence electrons. The Labute approximate surface area is 61.9 Å². The van der Waals surface area contributed by atoms with Crippen molar-refractivity contribution in [1.82, 2.24) is 0 Å². The van der Waals surface area contributed by atoms with Crippen molar-refractivity contribution in [3.05, 3.63) is 11.6 Å². The lowest BCUT2D eigenvalue weighted by Crippen LogP contribution is -2.16. The maximum atomic E-state index is 11.0. The monoisotopic (exact) mass is 142 g/mol. The highest BCUT2D eigenvalue weighted by atomic mass is 16.5. The van der Waals surface area contributed by atoms with Crippen molar-refractivity contribution in [1.29, 1.82) is 0 Å². The summed E-state index contributed by atoms with van der Waals surface area (Å²) in [6.07, 6.45) is 1.28. The van der Waals surface area contributed by atoms with Gasteiger partial charge in [-0.25, -0.2) is 0 Å². The summed E-state index contributed by atoms with van der Waals surface area (Å²) in [6.45, 7) is 5.52. The lowest BCUT2D eigenvalue weighted by Gasteiger charge is -2.03. The summed E-state index contributed by atoms with van der Waals surface area (Å²) in [7, 11) is 1.53. The Kier molecular flexibility index (Phi) is 3.96. The van der Waals surface area contributed by atoms with E-state index in [0.717, 1.165) is 5.57 Å². The van der Waals surface area contributed by atoms with Crippen molar-refractivity contribution < 1.29 is 9.53 Å². The van der Waals surface area contributed by atoms with Gasteiger partial charge >= 0.3 is 0 Å². The first-order chi connectivity index (χ1) is 4.57. The molecule has 0 spiro atoms. The van der Waals surface area contributed by atoms with E-state index in [9.17, 15) is 4.79 Å². The number of hydrogen-bond donors (Lipinski definition) is 0. The van der Waals surface area contributed by atoms with Crippen LogP contribution in [0.15, 0.2) is 11.6 Å². The number of methoxy groups -OCH3 is 1. The summed E-state index contributed by atoms with van der Waals surface area (Å²) in [5.74, 6) is 0.0301. The van der Waals surface area contributed by atoms with Crippen molar-refractivity contribution in [3.63, 3.8) is 0 Å². The predicted molar refractivity (Wildman–Crippen MR) is 40.9 cm³/mol. The molecule has 0 aromatic heterocycles. The Morgan fingerprint density at radius 1 is 1.50 bits per heavy atom. The molecule has 0 amide bonds. The lowest BCUT2D eigenvalue weighted by atomic mass is 10.2. The van der Waals surface area contributed by atoms with Crippen molar-refractivity contribution in [2.45, 2.75) is 26.9 Å². The third-order valence-corrected chi connectivity index (χ3v) is 1.19.